The smallest absolute Gasteiger partial charge is 0.266 e. The zero-order valence-corrected chi connectivity index (χ0v) is 19.9. The lowest BCUT2D eigenvalue weighted by molar-refractivity contribution is 0.0638. The van der Waals surface area contributed by atoms with Gasteiger partial charge in [0.25, 0.3) is 11.5 Å². The minimum atomic E-state index is -0.539. The van der Waals surface area contributed by atoms with Crippen LogP contribution in [0.3, 0.4) is 0 Å². The van der Waals surface area contributed by atoms with Gasteiger partial charge in [-0.05, 0) is 54.5 Å². The summed E-state index contributed by atoms with van der Waals surface area (Å²) in [4.78, 5) is 33.5. The van der Waals surface area contributed by atoms with Gasteiger partial charge in [0.05, 0.1) is 16.6 Å². The Balaban J connectivity index is 1.31. The molecule has 0 spiro atoms. The molecule has 1 aliphatic heterocycles. The highest BCUT2D eigenvalue weighted by atomic mass is 32.1. The maximum atomic E-state index is 14.3. The third kappa shape index (κ3) is 4.80. The summed E-state index contributed by atoms with van der Waals surface area (Å²) in [6.45, 7) is 3.91. The number of amides is 1. The molecule has 1 aliphatic rings. The van der Waals surface area contributed by atoms with Crippen LogP contribution in [0.1, 0.15) is 15.9 Å². The average molecular weight is 489 g/mol. The molecule has 1 N–H and O–H groups in total. The molecule has 5 rings (SSSR count). The molecule has 3 aromatic carbocycles. The van der Waals surface area contributed by atoms with E-state index in [1.165, 1.54) is 17.7 Å². The summed E-state index contributed by atoms with van der Waals surface area (Å²) in [6.07, 6.45) is 0.989. The van der Waals surface area contributed by atoms with Gasteiger partial charge in [0.15, 0.2) is 4.77 Å². The molecule has 1 amide bonds. The predicted molar refractivity (Wildman–Crippen MR) is 137 cm³/mol. The molecule has 0 aliphatic carbocycles. The first-order chi connectivity index (χ1) is 17.0. The Morgan fingerprint density at radius 3 is 2.40 bits per heavy atom. The lowest BCUT2D eigenvalue weighted by Crippen LogP contribution is -2.49. The number of aromatic nitrogens is 2. The molecule has 8 heteroatoms. The molecule has 6 nitrogen and oxygen atoms in total. The Labute approximate surface area is 207 Å². The van der Waals surface area contributed by atoms with Crippen LogP contribution in [0, 0.1) is 10.6 Å². The first-order valence-electron chi connectivity index (χ1n) is 11.6. The fourth-order valence-electron chi connectivity index (χ4n) is 4.49. The van der Waals surface area contributed by atoms with Crippen molar-refractivity contribution in [3.8, 4) is 5.69 Å². The van der Waals surface area contributed by atoms with Crippen LogP contribution in [-0.4, -0.2) is 58.0 Å². The second kappa shape index (κ2) is 9.93. The van der Waals surface area contributed by atoms with Crippen LogP contribution in [0.5, 0.6) is 0 Å². The van der Waals surface area contributed by atoms with E-state index in [4.69, 9.17) is 12.2 Å². The maximum absolute atomic E-state index is 14.3. The van der Waals surface area contributed by atoms with E-state index in [0.717, 1.165) is 30.6 Å². The van der Waals surface area contributed by atoms with Crippen LogP contribution in [0.15, 0.2) is 77.6 Å². The number of piperazine rings is 1. The molecule has 2 heterocycles. The van der Waals surface area contributed by atoms with E-state index in [0.29, 0.717) is 29.6 Å². The summed E-state index contributed by atoms with van der Waals surface area (Å²) in [6, 6.07) is 21.3. The number of halogens is 1. The highest BCUT2D eigenvalue weighted by Crippen LogP contribution is 2.17. The summed E-state index contributed by atoms with van der Waals surface area (Å²) >= 11 is 5.36. The van der Waals surface area contributed by atoms with Crippen molar-refractivity contribution in [3.05, 3.63) is 105 Å². The summed E-state index contributed by atoms with van der Waals surface area (Å²) in [5.41, 5.74) is 1.92. The van der Waals surface area contributed by atoms with E-state index in [1.807, 2.05) is 11.0 Å². The number of para-hydroxylation sites is 1. The van der Waals surface area contributed by atoms with Crippen LogP contribution in [-0.2, 0) is 6.42 Å². The van der Waals surface area contributed by atoms with Crippen molar-refractivity contribution in [3.63, 3.8) is 0 Å². The van der Waals surface area contributed by atoms with Gasteiger partial charge in [0, 0.05) is 38.3 Å². The standard InChI is InChI=1S/C27H25FN4O2S/c28-22-8-4-5-9-24(22)32-26(34)21-11-10-20(18-23(21)29-27(32)35)25(33)31-16-14-30(15-17-31)13-12-19-6-2-1-3-7-19/h1-11,18H,12-17H2,(H,29,35). The van der Waals surface area contributed by atoms with Gasteiger partial charge in [-0.25, -0.2) is 8.96 Å². The van der Waals surface area contributed by atoms with E-state index in [-0.39, 0.29) is 16.4 Å². The Morgan fingerprint density at radius 1 is 0.943 bits per heavy atom. The molecule has 1 fully saturated rings. The first-order valence-corrected chi connectivity index (χ1v) is 12.0. The van der Waals surface area contributed by atoms with Crippen molar-refractivity contribution < 1.29 is 9.18 Å². The highest BCUT2D eigenvalue weighted by Gasteiger charge is 2.22. The summed E-state index contributed by atoms with van der Waals surface area (Å²) in [7, 11) is 0. The Bertz CT molecular complexity index is 1490. The number of aromatic amines is 1. The van der Waals surface area contributed by atoms with Gasteiger partial charge >= 0.3 is 0 Å². The Morgan fingerprint density at radius 2 is 1.66 bits per heavy atom. The third-order valence-corrected chi connectivity index (χ3v) is 6.74. The van der Waals surface area contributed by atoms with Crippen LogP contribution < -0.4 is 5.56 Å². The number of carbonyl (C=O) groups excluding carboxylic acids is 1. The largest absolute Gasteiger partial charge is 0.336 e. The Kier molecular flexibility index (Phi) is 6.57. The number of rotatable bonds is 5. The summed E-state index contributed by atoms with van der Waals surface area (Å²) < 4.78 is 15.5. The topological polar surface area (TPSA) is 61.3 Å². The first kappa shape index (κ1) is 23.1. The van der Waals surface area contributed by atoms with Crippen molar-refractivity contribution in [1.29, 1.82) is 0 Å². The lowest BCUT2D eigenvalue weighted by atomic mass is 10.1. The van der Waals surface area contributed by atoms with E-state index in [9.17, 15) is 14.0 Å². The SMILES string of the molecule is O=C(c1ccc2c(=O)n(-c3ccccc3F)c(=S)[nH]c2c1)N1CCN(CCc2ccccc2)CC1. The van der Waals surface area contributed by atoms with Gasteiger partial charge < -0.3 is 9.88 Å². The van der Waals surface area contributed by atoms with Gasteiger partial charge in [-0.1, -0.05) is 42.5 Å². The third-order valence-electron chi connectivity index (χ3n) is 6.46. The van der Waals surface area contributed by atoms with Gasteiger partial charge in [-0.3, -0.25) is 14.5 Å². The molecular weight excluding hydrogens is 463 g/mol. The highest BCUT2D eigenvalue weighted by molar-refractivity contribution is 7.71. The van der Waals surface area contributed by atoms with Gasteiger partial charge in [-0.2, -0.15) is 0 Å². The minimum Gasteiger partial charge on any atom is -0.336 e. The number of hydrogen-bond donors (Lipinski definition) is 1. The molecule has 0 radical (unpaired) electrons. The molecule has 35 heavy (non-hydrogen) atoms. The minimum absolute atomic E-state index is 0.0734. The lowest BCUT2D eigenvalue weighted by Gasteiger charge is -2.34. The van der Waals surface area contributed by atoms with Crippen LogP contribution in [0.25, 0.3) is 16.6 Å². The van der Waals surface area contributed by atoms with E-state index < -0.39 is 11.4 Å². The second-order valence-corrected chi connectivity index (χ2v) is 9.04. The number of benzene rings is 3. The fourth-order valence-corrected chi connectivity index (χ4v) is 4.78. The summed E-state index contributed by atoms with van der Waals surface area (Å²) in [5, 5.41) is 0.337. The van der Waals surface area contributed by atoms with Crippen molar-refractivity contribution in [2.24, 2.45) is 0 Å². The number of carbonyl (C=O) groups is 1. The van der Waals surface area contributed by atoms with E-state index >= 15 is 0 Å². The van der Waals surface area contributed by atoms with Crippen molar-refractivity contribution in [1.82, 2.24) is 19.4 Å². The molecule has 4 aromatic rings. The van der Waals surface area contributed by atoms with E-state index in [1.54, 1.807) is 30.3 Å². The molecule has 1 aromatic heterocycles. The van der Waals surface area contributed by atoms with Gasteiger partial charge in [0.1, 0.15) is 5.82 Å². The molecule has 1 saturated heterocycles. The number of nitrogens with zero attached hydrogens (tertiary/aromatic N) is 3. The zero-order chi connectivity index (χ0) is 24.4. The summed E-state index contributed by atoms with van der Waals surface area (Å²) in [5.74, 6) is -0.615. The van der Waals surface area contributed by atoms with Crippen LogP contribution >= 0.6 is 12.2 Å². The average Bonchev–Trinajstić information content (AvgIpc) is 2.89. The number of nitrogens with one attached hydrogen (secondary N) is 1. The zero-order valence-electron chi connectivity index (χ0n) is 19.1. The van der Waals surface area contributed by atoms with E-state index in [2.05, 4.69) is 34.1 Å². The molecular formula is C27H25FN4O2S. The van der Waals surface area contributed by atoms with Crippen molar-refractivity contribution in [2.45, 2.75) is 6.42 Å². The maximum Gasteiger partial charge on any atom is 0.266 e. The quantitative estimate of drug-likeness (QED) is 0.428. The molecule has 0 unspecified atom stereocenters. The monoisotopic (exact) mass is 488 g/mol. The fraction of sp³-hybridized carbons (Fsp3) is 0.222. The molecule has 0 atom stereocenters. The Hall–Kier alpha value is -3.62. The molecule has 178 valence electrons. The second-order valence-electron chi connectivity index (χ2n) is 8.65. The van der Waals surface area contributed by atoms with Crippen LogP contribution in [0.4, 0.5) is 4.39 Å². The molecule has 0 bridgehead atoms. The predicted octanol–water partition coefficient (Wildman–Crippen LogP) is 4.19. The van der Waals surface area contributed by atoms with Crippen molar-refractivity contribution in [2.75, 3.05) is 32.7 Å². The number of H-pyrrole nitrogens is 1. The molecule has 0 saturated carbocycles. The normalized spacial score (nSPS) is 14.4. The number of fused-ring (bicyclic) bond motifs is 1. The van der Waals surface area contributed by atoms with Crippen LogP contribution in [0.2, 0.25) is 0 Å². The van der Waals surface area contributed by atoms with Gasteiger partial charge in [-0.15, -0.1) is 0 Å². The number of hydrogen-bond acceptors (Lipinski definition) is 4. The van der Waals surface area contributed by atoms with Gasteiger partial charge in [0.2, 0.25) is 0 Å². The van der Waals surface area contributed by atoms with Crippen molar-refractivity contribution >= 4 is 29.0 Å².